The zero-order chi connectivity index (χ0) is 12.4. The number of benzene rings is 1. The van der Waals surface area contributed by atoms with Gasteiger partial charge in [-0.1, -0.05) is 18.5 Å². The zero-order valence-electron chi connectivity index (χ0n) is 9.98. The van der Waals surface area contributed by atoms with Gasteiger partial charge in [-0.15, -0.1) is 0 Å². The first-order valence-corrected chi connectivity index (χ1v) is 7.14. The Bertz CT molecular complexity index is 455. The molecule has 0 saturated carbocycles. The highest BCUT2D eigenvalue weighted by Gasteiger charge is 2.25. The number of thioether (sulfide) groups is 1. The summed E-state index contributed by atoms with van der Waals surface area (Å²) in [5.74, 6) is 1.14. The lowest BCUT2D eigenvalue weighted by Crippen LogP contribution is -2.44. The van der Waals surface area contributed by atoms with E-state index >= 15 is 0 Å². The molecule has 2 nitrogen and oxygen atoms in total. The third-order valence-corrected chi connectivity index (χ3v) is 4.94. The van der Waals surface area contributed by atoms with Crippen molar-refractivity contribution in [1.29, 1.82) is 5.26 Å². The van der Waals surface area contributed by atoms with Crippen molar-refractivity contribution in [1.82, 2.24) is 0 Å². The number of nitriles is 1. The van der Waals surface area contributed by atoms with Gasteiger partial charge < -0.3 is 4.90 Å². The molecule has 1 aromatic rings. The third-order valence-electron chi connectivity index (χ3n) is 3.29. The van der Waals surface area contributed by atoms with Gasteiger partial charge in [-0.2, -0.15) is 17.0 Å². The number of hydrogen-bond acceptors (Lipinski definition) is 3. The van der Waals surface area contributed by atoms with Crippen molar-refractivity contribution in [3.05, 3.63) is 28.8 Å². The zero-order valence-corrected chi connectivity index (χ0v) is 11.6. The Balaban J connectivity index is 2.28. The minimum Gasteiger partial charge on any atom is -0.367 e. The van der Waals surface area contributed by atoms with Gasteiger partial charge in [0.05, 0.1) is 10.6 Å². The highest BCUT2D eigenvalue weighted by molar-refractivity contribution is 8.00. The van der Waals surface area contributed by atoms with Crippen LogP contribution in [0.15, 0.2) is 18.2 Å². The van der Waals surface area contributed by atoms with Crippen molar-refractivity contribution in [2.45, 2.75) is 25.1 Å². The molecule has 1 saturated heterocycles. The number of anilines is 1. The van der Waals surface area contributed by atoms with Crippen molar-refractivity contribution >= 4 is 29.1 Å². The molecule has 17 heavy (non-hydrogen) atoms. The fourth-order valence-corrected chi connectivity index (χ4v) is 3.39. The first-order valence-electron chi connectivity index (χ1n) is 5.71. The van der Waals surface area contributed by atoms with E-state index in [0.29, 0.717) is 21.9 Å². The molecule has 1 aliphatic heterocycles. The molecular weight excluding hydrogens is 252 g/mol. The van der Waals surface area contributed by atoms with E-state index in [1.807, 2.05) is 23.9 Å². The predicted molar refractivity (Wildman–Crippen MR) is 74.9 cm³/mol. The number of hydrogen-bond donors (Lipinski definition) is 0. The maximum absolute atomic E-state index is 8.86. The van der Waals surface area contributed by atoms with E-state index in [1.165, 1.54) is 0 Å². The van der Waals surface area contributed by atoms with E-state index in [-0.39, 0.29) is 0 Å². The van der Waals surface area contributed by atoms with Crippen LogP contribution in [0.3, 0.4) is 0 Å². The molecule has 0 spiro atoms. The quantitative estimate of drug-likeness (QED) is 0.778. The summed E-state index contributed by atoms with van der Waals surface area (Å²) in [4.78, 5) is 2.37. The van der Waals surface area contributed by atoms with Crippen LogP contribution >= 0.6 is 23.4 Å². The number of halogens is 1. The summed E-state index contributed by atoms with van der Waals surface area (Å²) < 4.78 is 0. The first kappa shape index (κ1) is 12.6. The van der Waals surface area contributed by atoms with Crippen molar-refractivity contribution in [3.63, 3.8) is 0 Å². The Morgan fingerprint density at radius 3 is 2.88 bits per heavy atom. The van der Waals surface area contributed by atoms with Crippen molar-refractivity contribution in [2.75, 3.05) is 17.2 Å². The maximum atomic E-state index is 8.86. The van der Waals surface area contributed by atoms with Gasteiger partial charge in [0.15, 0.2) is 0 Å². The van der Waals surface area contributed by atoms with E-state index in [0.717, 1.165) is 18.0 Å². The highest BCUT2D eigenvalue weighted by Crippen LogP contribution is 2.31. The van der Waals surface area contributed by atoms with Gasteiger partial charge in [-0.05, 0) is 25.1 Å². The topological polar surface area (TPSA) is 27.0 Å². The van der Waals surface area contributed by atoms with Gasteiger partial charge >= 0.3 is 0 Å². The molecule has 2 rings (SSSR count). The summed E-state index contributed by atoms with van der Waals surface area (Å²) >= 11 is 8.09. The Labute approximate surface area is 112 Å². The van der Waals surface area contributed by atoms with Crippen LogP contribution in [0, 0.1) is 11.3 Å². The van der Waals surface area contributed by atoms with Crippen molar-refractivity contribution < 1.29 is 0 Å². The summed E-state index contributed by atoms with van der Waals surface area (Å²) in [6.45, 7) is 5.54. The van der Waals surface area contributed by atoms with Crippen LogP contribution in [0.5, 0.6) is 0 Å². The van der Waals surface area contributed by atoms with Crippen LogP contribution in [0.4, 0.5) is 5.69 Å². The van der Waals surface area contributed by atoms with Crippen molar-refractivity contribution in [2.24, 2.45) is 0 Å². The smallest absolute Gasteiger partial charge is 0.101 e. The van der Waals surface area contributed by atoms with Gasteiger partial charge in [-0.25, -0.2) is 0 Å². The molecule has 2 atom stereocenters. The second-order valence-electron chi connectivity index (χ2n) is 4.29. The molecule has 0 bridgehead atoms. The fourth-order valence-electron chi connectivity index (χ4n) is 2.07. The lowest BCUT2D eigenvalue weighted by Gasteiger charge is -2.39. The Morgan fingerprint density at radius 2 is 2.24 bits per heavy atom. The summed E-state index contributed by atoms with van der Waals surface area (Å²) in [5, 5.41) is 10.0. The largest absolute Gasteiger partial charge is 0.367 e. The Kier molecular flexibility index (Phi) is 3.86. The summed E-state index contributed by atoms with van der Waals surface area (Å²) in [6, 6.07) is 8.28. The molecule has 1 heterocycles. The monoisotopic (exact) mass is 266 g/mol. The molecule has 1 aromatic carbocycles. The molecule has 90 valence electrons. The lowest BCUT2D eigenvalue weighted by atomic mass is 10.1. The highest BCUT2D eigenvalue weighted by atomic mass is 35.5. The van der Waals surface area contributed by atoms with Crippen LogP contribution < -0.4 is 4.90 Å². The maximum Gasteiger partial charge on any atom is 0.101 e. The average Bonchev–Trinajstić information content (AvgIpc) is 2.32. The van der Waals surface area contributed by atoms with Crippen LogP contribution in [-0.4, -0.2) is 23.6 Å². The molecule has 1 aliphatic rings. The van der Waals surface area contributed by atoms with Crippen LogP contribution in [0.1, 0.15) is 19.4 Å². The molecule has 0 aliphatic carbocycles. The Hall–Kier alpha value is -0.850. The number of rotatable bonds is 1. The molecule has 0 amide bonds. The Morgan fingerprint density at radius 1 is 1.47 bits per heavy atom. The SMILES string of the molecule is CC1SCCN(c2ccc(C#N)c(Cl)c2)C1C. The van der Waals surface area contributed by atoms with Crippen molar-refractivity contribution in [3.8, 4) is 6.07 Å². The predicted octanol–water partition coefficient (Wildman–Crippen LogP) is 3.54. The van der Waals surface area contributed by atoms with E-state index in [4.69, 9.17) is 16.9 Å². The third kappa shape index (κ3) is 2.53. The summed E-state index contributed by atoms with van der Waals surface area (Å²) in [6.07, 6.45) is 0. The standard InChI is InChI=1S/C13H15ClN2S/c1-9-10(2)17-6-5-16(9)12-4-3-11(8-15)13(14)7-12/h3-4,7,9-10H,5-6H2,1-2H3. The fraction of sp³-hybridized carbons (Fsp3) is 0.462. The van der Waals surface area contributed by atoms with E-state index in [9.17, 15) is 0 Å². The first-order chi connectivity index (χ1) is 8.13. The second kappa shape index (κ2) is 5.20. The molecule has 4 heteroatoms. The molecule has 0 radical (unpaired) electrons. The van der Waals surface area contributed by atoms with Gasteiger partial charge in [0, 0.05) is 29.3 Å². The molecular formula is C13H15ClN2S. The van der Waals surface area contributed by atoms with E-state index in [1.54, 1.807) is 6.07 Å². The molecule has 2 unspecified atom stereocenters. The van der Waals surface area contributed by atoms with E-state index < -0.39 is 0 Å². The van der Waals surface area contributed by atoms with Crippen LogP contribution in [0.2, 0.25) is 5.02 Å². The van der Waals surface area contributed by atoms with Crippen LogP contribution in [0.25, 0.3) is 0 Å². The molecule has 1 fully saturated rings. The van der Waals surface area contributed by atoms with Gasteiger partial charge in [0.1, 0.15) is 6.07 Å². The second-order valence-corrected chi connectivity index (χ2v) is 6.18. The normalized spacial score (nSPS) is 24.5. The minimum atomic E-state index is 0.498. The molecule has 0 N–H and O–H groups in total. The van der Waals surface area contributed by atoms with Gasteiger partial charge in [0.2, 0.25) is 0 Å². The number of nitrogens with zero attached hydrogens (tertiary/aromatic N) is 2. The summed E-state index contributed by atoms with van der Waals surface area (Å²) in [5.41, 5.74) is 1.66. The van der Waals surface area contributed by atoms with E-state index in [2.05, 4.69) is 24.8 Å². The lowest BCUT2D eigenvalue weighted by molar-refractivity contribution is 0.627. The van der Waals surface area contributed by atoms with Gasteiger partial charge in [0.25, 0.3) is 0 Å². The van der Waals surface area contributed by atoms with Crippen LogP contribution in [-0.2, 0) is 0 Å². The minimum absolute atomic E-state index is 0.498. The van der Waals surface area contributed by atoms with Gasteiger partial charge in [-0.3, -0.25) is 0 Å². The summed E-state index contributed by atoms with van der Waals surface area (Å²) in [7, 11) is 0. The molecule has 0 aromatic heterocycles. The average molecular weight is 267 g/mol.